The molecular formula is C31H38O3. The first-order valence-corrected chi connectivity index (χ1v) is 11.5. The van der Waals surface area contributed by atoms with Gasteiger partial charge in [-0.1, -0.05) is 97.6 Å². The Bertz CT molecular complexity index is 1100. The van der Waals surface area contributed by atoms with E-state index in [1.54, 1.807) is 20.8 Å². The van der Waals surface area contributed by atoms with Gasteiger partial charge in [-0.05, 0) is 59.1 Å². The molecule has 1 aliphatic rings. The van der Waals surface area contributed by atoms with Crippen molar-refractivity contribution >= 4 is 11.6 Å². The molecule has 0 radical (unpaired) electrons. The van der Waals surface area contributed by atoms with Gasteiger partial charge in [0.15, 0.2) is 11.6 Å². The molecule has 1 N–H and O–H groups in total. The quantitative estimate of drug-likeness (QED) is 0.262. The Morgan fingerprint density at radius 1 is 0.912 bits per heavy atom. The van der Waals surface area contributed by atoms with Crippen molar-refractivity contribution in [2.24, 2.45) is 5.41 Å². The van der Waals surface area contributed by atoms with E-state index in [9.17, 15) is 14.7 Å². The first-order chi connectivity index (χ1) is 15.8. The molecule has 1 aliphatic carbocycles. The van der Waals surface area contributed by atoms with Gasteiger partial charge in [0.2, 0.25) is 0 Å². The van der Waals surface area contributed by atoms with Crippen LogP contribution in [-0.2, 0) is 9.59 Å². The number of hydrogen-bond donors (Lipinski definition) is 1. The third-order valence-corrected chi connectivity index (χ3v) is 5.61. The molecule has 0 aromatic heterocycles. The van der Waals surface area contributed by atoms with Crippen LogP contribution in [0.25, 0.3) is 0 Å². The van der Waals surface area contributed by atoms with E-state index in [0.29, 0.717) is 12.0 Å². The number of allylic oxidation sites excluding steroid dienone is 15. The van der Waals surface area contributed by atoms with Gasteiger partial charge in [-0.15, -0.1) is 0 Å². The van der Waals surface area contributed by atoms with Crippen molar-refractivity contribution in [2.45, 2.75) is 67.9 Å². The molecule has 1 rings (SSSR count). The molecule has 1 unspecified atom stereocenters. The summed E-state index contributed by atoms with van der Waals surface area (Å²) in [5.41, 5.74) is 4.87. The van der Waals surface area contributed by atoms with Gasteiger partial charge in [0.1, 0.15) is 6.10 Å². The molecule has 0 saturated heterocycles. The van der Waals surface area contributed by atoms with Crippen LogP contribution in [0.1, 0.15) is 61.8 Å². The van der Waals surface area contributed by atoms with Crippen LogP contribution in [-0.4, -0.2) is 22.8 Å². The normalized spacial score (nSPS) is 20.5. The lowest BCUT2D eigenvalue weighted by Gasteiger charge is -2.33. The van der Waals surface area contributed by atoms with Crippen LogP contribution < -0.4 is 0 Å². The average Bonchev–Trinajstić information content (AvgIpc) is 2.74. The summed E-state index contributed by atoms with van der Waals surface area (Å²) in [4.78, 5) is 23.3. The molecule has 0 fully saturated rings. The summed E-state index contributed by atoms with van der Waals surface area (Å²) in [6.45, 7) is 15.1. The number of aliphatic hydroxyl groups excluding tert-OH is 1. The summed E-state index contributed by atoms with van der Waals surface area (Å²) in [6.07, 6.45) is 19.0. The fourth-order valence-electron chi connectivity index (χ4n) is 3.36. The Balaban J connectivity index is 2.78. The molecule has 0 bridgehead atoms. The van der Waals surface area contributed by atoms with Gasteiger partial charge in [0, 0.05) is 16.6 Å². The summed E-state index contributed by atoms with van der Waals surface area (Å²) < 4.78 is 0. The van der Waals surface area contributed by atoms with Crippen LogP contribution in [0.15, 0.2) is 94.2 Å². The van der Waals surface area contributed by atoms with Crippen molar-refractivity contribution in [1.82, 2.24) is 0 Å². The number of Topliss-reactive ketones (excluding diaryl/α,β-unsaturated/α-hetero) is 2. The molecule has 34 heavy (non-hydrogen) atoms. The largest absolute Gasteiger partial charge is 0.385 e. The molecule has 1 atom stereocenters. The Morgan fingerprint density at radius 2 is 1.44 bits per heavy atom. The van der Waals surface area contributed by atoms with Gasteiger partial charge in [-0.25, -0.2) is 0 Å². The number of aliphatic hydroxyl groups is 1. The smallest absolute Gasteiger partial charge is 0.187 e. The third kappa shape index (κ3) is 9.73. The number of hydrogen-bond acceptors (Lipinski definition) is 3. The predicted octanol–water partition coefficient (Wildman–Crippen LogP) is 6.71. The minimum atomic E-state index is -0.932. The standard InChI is InChI=1S/C31H38O3/c1-22(13-9-10-14-23(2)17-12-18-25(4)27(6)32)15-11-16-24(3)19-20-28-26(5)30(34)29(33)21-31(28,7)8/h9-18,29,33H,21H2,1-8H3. The zero-order valence-electron chi connectivity index (χ0n) is 21.8. The molecule has 0 aromatic rings. The zero-order chi connectivity index (χ0) is 25.9. The molecule has 0 heterocycles. The van der Waals surface area contributed by atoms with Crippen molar-refractivity contribution < 1.29 is 14.7 Å². The van der Waals surface area contributed by atoms with E-state index in [2.05, 4.69) is 11.8 Å². The minimum Gasteiger partial charge on any atom is -0.385 e. The first kappa shape index (κ1) is 28.8. The predicted molar refractivity (Wildman–Crippen MR) is 143 cm³/mol. The van der Waals surface area contributed by atoms with Gasteiger partial charge in [0.25, 0.3) is 0 Å². The molecule has 180 valence electrons. The number of rotatable bonds is 7. The van der Waals surface area contributed by atoms with Crippen LogP contribution in [0, 0.1) is 17.3 Å². The highest BCUT2D eigenvalue weighted by Gasteiger charge is 2.37. The molecular weight excluding hydrogens is 420 g/mol. The Labute approximate surface area is 205 Å². The van der Waals surface area contributed by atoms with Crippen molar-refractivity contribution in [1.29, 1.82) is 0 Å². The molecule has 0 aliphatic heterocycles. The van der Waals surface area contributed by atoms with Crippen molar-refractivity contribution in [3.63, 3.8) is 0 Å². The lowest BCUT2D eigenvalue weighted by Crippen LogP contribution is -2.35. The summed E-state index contributed by atoms with van der Waals surface area (Å²) in [6, 6.07) is 0. The molecule has 3 heteroatoms. The van der Waals surface area contributed by atoms with E-state index in [0.717, 1.165) is 27.9 Å². The van der Waals surface area contributed by atoms with Crippen LogP contribution in [0.3, 0.4) is 0 Å². The number of carbonyl (C=O) groups is 2. The Morgan fingerprint density at radius 3 is 1.97 bits per heavy atom. The highest BCUT2D eigenvalue weighted by molar-refractivity contribution is 6.00. The van der Waals surface area contributed by atoms with Crippen LogP contribution >= 0.6 is 0 Å². The molecule has 0 aromatic carbocycles. The first-order valence-electron chi connectivity index (χ1n) is 11.5. The summed E-state index contributed by atoms with van der Waals surface area (Å²) in [5, 5.41) is 9.94. The SMILES string of the molecule is CC(=O)C(C)=CC=CC(C)=CC=CC=C(C)C=CC=C(C)C#CC1=C(C)C(=O)C(O)CC1(C)C. The van der Waals surface area contributed by atoms with E-state index in [1.165, 1.54) is 0 Å². The van der Waals surface area contributed by atoms with E-state index in [4.69, 9.17) is 0 Å². The summed E-state index contributed by atoms with van der Waals surface area (Å²) >= 11 is 0. The number of ketones is 2. The highest BCUT2D eigenvalue weighted by atomic mass is 16.3. The van der Waals surface area contributed by atoms with Crippen LogP contribution in [0.4, 0.5) is 0 Å². The van der Waals surface area contributed by atoms with Crippen molar-refractivity contribution in [3.8, 4) is 11.8 Å². The lowest BCUT2D eigenvalue weighted by molar-refractivity contribution is -0.125. The second-order valence-corrected chi connectivity index (χ2v) is 9.40. The molecule has 0 spiro atoms. The minimum absolute atomic E-state index is 0.0785. The molecule has 0 amide bonds. The second kappa shape index (κ2) is 13.5. The summed E-state index contributed by atoms with van der Waals surface area (Å²) in [7, 11) is 0. The van der Waals surface area contributed by atoms with E-state index in [-0.39, 0.29) is 17.0 Å². The molecule has 0 saturated carbocycles. The van der Waals surface area contributed by atoms with Gasteiger partial charge in [-0.3, -0.25) is 9.59 Å². The van der Waals surface area contributed by atoms with Gasteiger partial charge < -0.3 is 5.11 Å². The summed E-state index contributed by atoms with van der Waals surface area (Å²) in [5.74, 6) is 6.16. The monoisotopic (exact) mass is 458 g/mol. The fourth-order valence-corrected chi connectivity index (χ4v) is 3.36. The average molecular weight is 459 g/mol. The number of carbonyl (C=O) groups excluding carboxylic acids is 2. The molecule has 3 nitrogen and oxygen atoms in total. The maximum Gasteiger partial charge on any atom is 0.187 e. The zero-order valence-corrected chi connectivity index (χ0v) is 21.8. The Hall–Kier alpha value is -3.22. The third-order valence-electron chi connectivity index (χ3n) is 5.61. The second-order valence-electron chi connectivity index (χ2n) is 9.40. The van der Waals surface area contributed by atoms with Gasteiger partial charge in [-0.2, -0.15) is 0 Å². The lowest BCUT2D eigenvalue weighted by atomic mass is 9.71. The van der Waals surface area contributed by atoms with Gasteiger partial charge >= 0.3 is 0 Å². The highest BCUT2D eigenvalue weighted by Crippen LogP contribution is 2.38. The van der Waals surface area contributed by atoms with Gasteiger partial charge in [0.05, 0.1) is 0 Å². The van der Waals surface area contributed by atoms with Crippen molar-refractivity contribution in [3.05, 3.63) is 94.2 Å². The van der Waals surface area contributed by atoms with E-state index >= 15 is 0 Å². The fraction of sp³-hybridized carbons (Fsp3) is 0.355. The van der Waals surface area contributed by atoms with Crippen molar-refractivity contribution in [2.75, 3.05) is 0 Å². The van der Waals surface area contributed by atoms with E-state index in [1.807, 2.05) is 95.4 Å². The topological polar surface area (TPSA) is 54.4 Å². The van der Waals surface area contributed by atoms with Crippen LogP contribution in [0.5, 0.6) is 0 Å². The van der Waals surface area contributed by atoms with E-state index < -0.39 is 6.10 Å². The maximum absolute atomic E-state index is 12.1. The maximum atomic E-state index is 12.1. The Kier molecular flexibility index (Phi) is 11.4. The van der Waals surface area contributed by atoms with Crippen LogP contribution in [0.2, 0.25) is 0 Å².